The zero-order valence-corrected chi connectivity index (χ0v) is 16.7. The first-order valence-corrected chi connectivity index (χ1v) is 9.52. The molecular formula is C20H30N4O3. The van der Waals surface area contributed by atoms with E-state index in [1.165, 1.54) is 5.56 Å². The van der Waals surface area contributed by atoms with Gasteiger partial charge < -0.3 is 24.6 Å². The predicted octanol–water partition coefficient (Wildman–Crippen LogP) is 2.12. The molecule has 3 rings (SSSR count). The Hall–Kier alpha value is -2.44. The monoisotopic (exact) mass is 374 g/mol. The van der Waals surface area contributed by atoms with Crippen LogP contribution < -0.4 is 10.1 Å². The Morgan fingerprint density at radius 2 is 2.07 bits per heavy atom. The summed E-state index contributed by atoms with van der Waals surface area (Å²) < 4.78 is 10.9. The Kier molecular flexibility index (Phi) is 5.77. The van der Waals surface area contributed by atoms with Crippen molar-refractivity contribution in [3.63, 3.8) is 0 Å². The van der Waals surface area contributed by atoms with Crippen LogP contribution in [0.15, 0.2) is 29.3 Å². The zero-order valence-electron chi connectivity index (χ0n) is 16.7. The maximum Gasteiger partial charge on any atom is 0.410 e. The number of amides is 1. The van der Waals surface area contributed by atoms with Crippen molar-refractivity contribution in [3.05, 3.63) is 29.8 Å². The molecular weight excluding hydrogens is 344 g/mol. The minimum Gasteiger partial charge on any atom is -0.496 e. The third-order valence-corrected chi connectivity index (χ3v) is 4.73. The largest absolute Gasteiger partial charge is 0.496 e. The van der Waals surface area contributed by atoms with Gasteiger partial charge in [0, 0.05) is 26.2 Å². The van der Waals surface area contributed by atoms with E-state index in [1.807, 2.05) is 39.0 Å². The van der Waals surface area contributed by atoms with Crippen LogP contribution in [0, 0.1) is 0 Å². The zero-order chi connectivity index (χ0) is 19.4. The molecule has 148 valence electrons. The molecule has 1 fully saturated rings. The van der Waals surface area contributed by atoms with Gasteiger partial charge in [-0.05, 0) is 38.8 Å². The summed E-state index contributed by atoms with van der Waals surface area (Å²) in [5.41, 5.74) is 0.711. The molecule has 1 aromatic carbocycles. The molecule has 1 saturated heterocycles. The number of nitrogens with zero attached hydrogens (tertiary/aromatic N) is 3. The van der Waals surface area contributed by atoms with Crippen LogP contribution in [0.2, 0.25) is 0 Å². The molecule has 0 radical (unpaired) electrons. The van der Waals surface area contributed by atoms with E-state index in [9.17, 15) is 4.79 Å². The number of carbonyl (C=O) groups is 1. The average Bonchev–Trinajstić information content (AvgIpc) is 3.03. The summed E-state index contributed by atoms with van der Waals surface area (Å²) in [6, 6.07) is 8.29. The summed E-state index contributed by atoms with van der Waals surface area (Å²) in [7, 11) is 1.70. The van der Waals surface area contributed by atoms with E-state index < -0.39 is 5.60 Å². The van der Waals surface area contributed by atoms with Crippen LogP contribution in [0.1, 0.15) is 26.3 Å². The van der Waals surface area contributed by atoms with Gasteiger partial charge >= 0.3 is 6.09 Å². The SMILES string of the molecule is COc1ccccc1CCNC1=NCC2CN(C(=O)OC(C)(C)C)CCN12. The lowest BCUT2D eigenvalue weighted by Gasteiger charge is -2.39. The van der Waals surface area contributed by atoms with Crippen molar-refractivity contribution >= 4 is 12.1 Å². The van der Waals surface area contributed by atoms with E-state index in [0.29, 0.717) is 19.6 Å². The van der Waals surface area contributed by atoms with E-state index in [2.05, 4.69) is 21.3 Å². The lowest BCUT2D eigenvalue weighted by Crippen LogP contribution is -2.57. The van der Waals surface area contributed by atoms with Gasteiger partial charge in [-0.2, -0.15) is 0 Å². The van der Waals surface area contributed by atoms with Crippen LogP contribution in [-0.2, 0) is 11.2 Å². The van der Waals surface area contributed by atoms with Gasteiger partial charge in [-0.25, -0.2) is 4.79 Å². The molecule has 7 heteroatoms. The highest BCUT2D eigenvalue weighted by molar-refractivity contribution is 5.82. The standard InChI is InChI=1S/C20H30N4O3/c1-20(2,3)27-19(25)23-11-12-24-16(14-23)13-22-18(24)21-10-9-15-7-5-6-8-17(15)26-4/h5-8,16H,9-14H2,1-4H3,(H,21,22). The Balaban J connectivity index is 1.48. The maximum absolute atomic E-state index is 12.3. The van der Waals surface area contributed by atoms with Gasteiger partial charge in [-0.3, -0.25) is 4.99 Å². The second-order valence-electron chi connectivity index (χ2n) is 7.93. The smallest absolute Gasteiger partial charge is 0.410 e. The van der Waals surface area contributed by atoms with Crippen LogP contribution in [0.5, 0.6) is 5.75 Å². The topological polar surface area (TPSA) is 66.4 Å². The molecule has 1 amide bonds. The van der Waals surface area contributed by atoms with Crippen molar-refractivity contribution in [2.75, 3.05) is 39.8 Å². The van der Waals surface area contributed by atoms with Gasteiger partial charge in [0.05, 0.1) is 19.7 Å². The summed E-state index contributed by atoms with van der Waals surface area (Å²) in [4.78, 5) is 21.0. The number of rotatable bonds is 4. The summed E-state index contributed by atoms with van der Waals surface area (Å²) in [5.74, 6) is 1.84. The van der Waals surface area contributed by atoms with Gasteiger partial charge in [-0.15, -0.1) is 0 Å². The summed E-state index contributed by atoms with van der Waals surface area (Å²) in [5, 5.41) is 3.45. The molecule has 7 nitrogen and oxygen atoms in total. The van der Waals surface area contributed by atoms with Gasteiger partial charge in [0.15, 0.2) is 5.96 Å². The first kappa shape index (κ1) is 19.3. The van der Waals surface area contributed by atoms with Gasteiger partial charge in [0.1, 0.15) is 11.4 Å². The van der Waals surface area contributed by atoms with Crippen molar-refractivity contribution in [1.29, 1.82) is 0 Å². The lowest BCUT2D eigenvalue weighted by molar-refractivity contribution is 0.0137. The summed E-state index contributed by atoms with van der Waals surface area (Å²) in [6.07, 6.45) is 0.630. The van der Waals surface area contributed by atoms with E-state index >= 15 is 0 Å². The first-order chi connectivity index (χ1) is 12.9. The molecule has 2 aliphatic rings. The average molecular weight is 374 g/mol. The van der Waals surface area contributed by atoms with Crippen molar-refractivity contribution in [2.24, 2.45) is 4.99 Å². The number of nitrogens with one attached hydrogen (secondary N) is 1. The van der Waals surface area contributed by atoms with Crippen LogP contribution >= 0.6 is 0 Å². The van der Waals surface area contributed by atoms with E-state index in [4.69, 9.17) is 9.47 Å². The van der Waals surface area contributed by atoms with Crippen LogP contribution in [0.3, 0.4) is 0 Å². The number of ether oxygens (including phenoxy) is 2. The van der Waals surface area contributed by atoms with Crippen molar-refractivity contribution < 1.29 is 14.3 Å². The Morgan fingerprint density at radius 1 is 1.30 bits per heavy atom. The van der Waals surface area contributed by atoms with Crippen LogP contribution in [0.25, 0.3) is 0 Å². The number of hydrogen-bond donors (Lipinski definition) is 1. The Labute approximate surface area is 161 Å². The lowest BCUT2D eigenvalue weighted by atomic mass is 10.1. The Morgan fingerprint density at radius 3 is 2.81 bits per heavy atom. The number of carbonyl (C=O) groups excluding carboxylic acids is 1. The number of fused-ring (bicyclic) bond motifs is 1. The van der Waals surface area contributed by atoms with Crippen molar-refractivity contribution in [1.82, 2.24) is 15.1 Å². The molecule has 0 spiro atoms. The summed E-state index contributed by atoms with van der Waals surface area (Å²) >= 11 is 0. The van der Waals surface area contributed by atoms with Gasteiger partial charge in [-0.1, -0.05) is 18.2 Å². The third kappa shape index (κ3) is 4.84. The quantitative estimate of drug-likeness (QED) is 0.874. The minimum absolute atomic E-state index is 0.222. The fourth-order valence-electron chi connectivity index (χ4n) is 3.44. The molecule has 1 atom stereocenters. The van der Waals surface area contributed by atoms with E-state index in [0.717, 1.165) is 31.2 Å². The molecule has 2 aliphatic heterocycles. The van der Waals surface area contributed by atoms with E-state index in [-0.39, 0.29) is 12.1 Å². The minimum atomic E-state index is -0.467. The molecule has 27 heavy (non-hydrogen) atoms. The number of para-hydroxylation sites is 1. The molecule has 0 bridgehead atoms. The number of hydrogen-bond acceptors (Lipinski definition) is 6. The third-order valence-electron chi connectivity index (χ3n) is 4.73. The predicted molar refractivity (Wildman–Crippen MR) is 105 cm³/mol. The first-order valence-electron chi connectivity index (χ1n) is 9.52. The molecule has 1 aromatic rings. The highest BCUT2D eigenvalue weighted by Crippen LogP contribution is 2.20. The maximum atomic E-state index is 12.3. The number of guanidine groups is 1. The number of benzene rings is 1. The number of piperazine rings is 1. The van der Waals surface area contributed by atoms with Crippen molar-refractivity contribution in [3.8, 4) is 5.75 Å². The van der Waals surface area contributed by atoms with Crippen molar-refractivity contribution in [2.45, 2.75) is 38.8 Å². The second kappa shape index (κ2) is 8.06. The molecule has 0 aromatic heterocycles. The van der Waals surface area contributed by atoms with Crippen LogP contribution in [0.4, 0.5) is 4.79 Å². The fraction of sp³-hybridized carbons (Fsp3) is 0.600. The fourth-order valence-corrected chi connectivity index (χ4v) is 3.44. The molecule has 0 saturated carbocycles. The van der Waals surface area contributed by atoms with Gasteiger partial charge in [0.2, 0.25) is 0 Å². The summed E-state index contributed by atoms with van der Waals surface area (Å²) in [6.45, 7) is 9.24. The molecule has 2 heterocycles. The molecule has 0 aliphatic carbocycles. The normalized spacial score (nSPS) is 19.4. The number of methoxy groups -OCH3 is 1. The Bertz CT molecular complexity index is 699. The van der Waals surface area contributed by atoms with Gasteiger partial charge in [0.25, 0.3) is 0 Å². The van der Waals surface area contributed by atoms with Crippen LogP contribution in [-0.4, -0.2) is 73.3 Å². The highest BCUT2D eigenvalue weighted by atomic mass is 16.6. The second-order valence-corrected chi connectivity index (χ2v) is 7.93. The molecule has 1 unspecified atom stereocenters. The molecule has 1 N–H and O–H groups in total. The number of aliphatic imine (C=N–C) groups is 1. The highest BCUT2D eigenvalue weighted by Gasteiger charge is 2.36. The van der Waals surface area contributed by atoms with E-state index in [1.54, 1.807) is 12.0 Å².